The minimum atomic E-state index is -0.341. The van der Waals surface area contributed by atoms with E-state index in [1.165, 1.54) is 4.90 Å². The molecule has 0 bridgehead atoms. The number of carbonyl (C=O) groups excluding carboxylic acids is 3. The summed E-state index contributed by atoms with van der Waals surface area (Å²) in [5.74, 6) is 0.625. The molecule has 1 fully saturated rings. The first-order valence-corrected chi connectivity index (χ1v) is 12.6. The highest BCUT2D eigenvalue weighted by Crippen LogP contribution is 2.32. The highest BCUT2D eigenvalue weighted by Gasteiger charge is 2.34. The molecule has 1 N–H and O–H groups in total. The molecule has 0 unspecified atom stereocenters. The minimum absolute atomic E-state index is 0.129. The van der Waals surface area contributed by atoms with Crippen LogP contribution in [0.2, 0.25) is 0 Å². The fourth-order valence-corrected chi connectivity index (χ4v) is 4.49. The van der Waals surface area contributed by atoms with Crippen molar-refractivity contribution in [3.05, 3.63) is 93.9 Å². The Morgan fingerprint density at radius 1 is 0.919 bits per heavy atom. The minimum Gasteiger partial charge on any atom is -0.492 e. The van der Waals surface area contributed by atoms with Gasteiger partial charge in [0.2, 0.25) is 0 Å². The predicted molar refractivity (Wildman–Crippen MR) is 146 cm³/mol. The summed E-state index contributed by atoms with van der Waals surface area (Å²) < 4.78 is 11.3. The van der Waals surface area contributed by atoms with Crippen molar-refractivity contribution in [2.45, 2.75) is 20.8 Å². The maximum atomic E-state index is 12.7. The fourth-order valence-electron chi connectivity index (χ4n) is 3.63. The van der Waals surface area contributed by atoms with E-state index in [1.807, 2.05) is 63.2 Å². The van der Waals surface area contributed by atoms with Gasteiger partial charge in [0, 0.05) is 5.69 Å². The topological polar surface area (TPSA) is 84.9 Å². The molecule has 1 heterocycles. The van der Waals surface area contributed by atoms with Crippen molar-refractivity contribution in [1.29, 1.82) is 0 Å². The molecule has 3 amide bonds. The van der Waals surface area contributed by atoms with Gasteiger partial charge in [-0.1, -0.05) is 30.3 Å². The average molecular weight is 517 g/mol. The molecule has 1 aliphatic rings. The Hall–Kier alpha value is -4.04. The number of carbonyl (C=O) groups is 3. The van der Waals surface area contributed by atoms with Gasteiger partial charge in [0.1, 0.15) is 18.1 Å². The van der Waals surface area contributed by atoms with Gasteiger partial charge < -0.3 is 14.8 Å². The number of aryl methyl sites for hydroxylation is 3. The SMILES string of the molecule is Cc1cccc(OCCN2C(=O)S/C(=C\c3ccc(OCC(=O)Nc4ccc(C)c(C)c4)cc3)C2=O)c1. The second-order valence-electron chi connectivity index (χ2n) is 8.70. The molecule has 3 aromatic rings. The first kappa shape index (κ1) is 26.0. The number of benzene rings is 3. The summed E-state index contributed by atoms with van der Waals surface area (Å²) >= 11 is 0.905. The van der Waals surface area contributed by atoms with E-state index in [9.17, 15) is 14.4 Å². The highest BCUT2D eigenvalue weighted by molar-refractivity contribution is 8.18. The van der Waals surface area contributed by atoms with E-state index < -0.39 is 0 Å². The number of nitrogens with one attached hydrogen (secondary N) is 1. The molecule has 0 atom stereocenters. The lowest BCUT2D eigenvalue weighted by Gasteiger charge is -2.13. The first-order valence-electron chi connectivity index (χ1n) is 11.8. The first-order chi connectivity index (χ1) is 17.8. The van der Waals surface area contributed by atoms with Crippen molar-refractivity contribution in [3.63, 3.8) is 0 Å². The number of thioether (sulfide) groups is 1. The third-order valence-corrected chi connectivity index (χ3v) is 6.69. The molecule has 37 heavy (non-hydrogen) atoms. The van der Waals surface area contributed by atoms with Gasteiger partial charge in [0.15, 0.2) is 6.61 Å². The van der Waals surface area contributed by atoms with Gasteiger partial charge in [-0.2, -0.15) is 0 Å². The lowest BCUT2D eigenvalue weighted by atomic mass is 10.1. The fraction of sp³-hybridized carbons (Fsp3) is 0.207. The van der Waals surface area contributed by atoms with Crippen LogP contribution in [0.1, 0.15) is 22.3 Å². The van der Waals surface area contributed by atoms with Crippen LogP contribution in [0.4, 0.5) is 10.5 Å². The zero-order valence-electron chi connectivity index (χ0n) is 20.9. The van der Waals surface area contributed by atoms with Crippen molar-refractivity contribution in [2.75, 3.05) is 25.1 Å². The second kappa shape index (κ2) is 11.8. The lowest BCUT2D eigenvalue weighted by molar-refractivity contribution is -0.123. The Morgan fingerprint density at radius 3 is 2.43 bits per heavy atom. The van der Waals surface area contributed by atoms with Gasteiger partial charge in [-0.05, 0) is 97.3 Å². The number of imide groups is 1. The van der Waals surface area contributed by atoms with Gasteiger partial charge in [-0.15, -0.1) is 0 Å². The third kappa shape index (κ3) is 7.01. The van der Waals surface area contributed by atoms with Crippen LogP contribution in [0.15, 0.2) is 71.6 Å². The normalized spacial score (nSPS) is 14.2. The molecule has 0 saturated carbocycles. The van der Waals surface area contributed by atoms with Gasteiger partial charge in [-0.25, -0.2) is 0 Å². The number of rotatable bonds is 9. The summed E-state index contributed by atoms with van der Waals surface area (Å²) in [6, 6.07) is 20.3. The zero-order chi connectivity index (χ0) is 26.4. The molecule has 0 spiro atoms. The molecule has 1 aliphatic heterocycles. The maximum absolute atomic E-state index is 12.7. The van der Waals surface area contributed by atoms with Crippen molar-refractivity contribution < 1.29 is 23.9 Å². The number of ether oxygens (including phenoxy) is 2. The molecule has 7 nitrogen and oxygen atoms in total. The molecule has 0 aliphatic carbocycles. The van der Waals surface area contributed by atoms with Crippen LogP contribution in [0, 0.1) is 20.8 Å². The standard InChI is InChI=1S/C29H28N2O5S/c1-19-5-4-6-25(15-19)35-14-13-31-28(33)26(37-29(31)34)17-22-8-11-24(12-9-22)36-18-27(32)30-23-10-7-20(2)21(3)16-23/h4-12,15-17H,13-14,18H2,1-3H3,(H,30,32)/b26-17-. The monoisotopic (exact) mass is 516 g/mol. The Bertz CT molecular complexity index is 1350. The Morgan fingerprint density at radius 2 is 1.70 bits per heavy atom. The molecule has 0 aromatic heterocycles. The van der Waals surface area contributed by atoms with Crippen molar-refractivity contribution in [1.82, 2.24) is 4.90 Å². The Kier molecular flexibility index (Phi) is 8.30. The van der Waals surface area contributed by atoms with Crippen LogP contribution in [-0.2, 0) is 9.59 Å². The van der Waals surface area contributed by atoms with Crippen molar-refractivity contribution in [2.24, 2.45) is 0 Å². The van der Waals surface area contributed by atoms with Crippen LogP contribution >= 0.6 is 11.8 Å². The quantitative estimate of drug-likeness (QED) is 0.365. The van der Waals surface area contributed by atoms with Crippen LogP contribution in [0.5, 0.6) is 11.5 Å². The van der Waals surface area contributed by atoms with Gasteiger partial charge in [0.25, 0.3) is 17.1 Å². The van der Waals surface area contributed by atoms with Crippen LogP contribution < -0.4 is 14.8 Å². The van der Waals surface area contributed by atoms with Crippen LogP contribution in [0.25, 0.3) is 6.08 Å². The van der Waals surface area contributed by atoms with E-state index in [0.717, 1.165) is 39.7 Å². The largest absolute Gasteiger partial charge is 0.492 e. The smallest absolute Gasteiger partial charge is 0.293 e. The van der Waals surface area contributed by atoms with E-state index in [0.29, 0.717) is 16.4 Å². The lowest BCUT2D eigenvalue weighted by Crippen LogP contribution is -2.32. The van der Waals surface area contributed by atoms with E-state index in [1.54, 1.807) is 30.3 Å². The van der Waals surface area contributed by atoms with Gasteiger partial charge in [-0.3, -0.25) is 19.3 Å². The third-order valence-electron chi connectivity index (χ3n) is 5.79. The molecule has 4 rings (SSSR count). The van der Waals surface area contributed by atoms with Gasteiger partial charge >= 0.3 is 0 Å². The summed E-state index contributed by atoms with van der Waals surface area (Å²) in [4.78, 5) is 38.9. The molecular formula is C29H28N2O5S. The number of amides is 3. The second-order valence-corrected chi connectivity index (χ2v) is 9.70. The number of hydrogen-bond acceptors (Lipinski definition) is 6. The number of anilines is 1. The molecule has 3 aromatic carbocycles. The summed E-state index contributed by atoms with van der Waals surface area (Å²) in [5.41, 5.74) is 4.80. The van der Waals surface area contributed by atoms with Crippen molar-refractivity contribution in [3.8, 4) is 11.5 Å². The Labute approximate surface area is 220 Å². The van der Waals surface area contributed by atoms with Crippen LogP contribution in [-0.4, -0.2) is 41.7 Å². The van der Waals surface area contributed by atoms with Crippen molar-refractivity contribution >= 4 is 40.6 Å². The predicted octanol–water partition coefficient (Wildman–Crippen LogP) is 5.74. The number of hydrogen-bond donors (Lipinski definition) is 1. The summed E-state index contributed by atoms with van der Waals surface area (Å²) in [7, 11) is 0. The molecule has 8 heteroatoms. The average Bonchev–Trinajstić information content (AvgIpc) is 3.13. The Balaban J connectivity index is 1.28. The van der Waals surface area contributed by atoms with Gasteiger partial charge in [0.05, 0.1) is 11.4 Å². The highest BCUT2D eigenvalue weighted by atomic mass is 32.2. The molecular weight excluding hydrogens is 488 g/mol. The summed E-state index contributed by atoms with van der Waals surface area (Å²) in [5, 5.41) is 2.50. The maximum Gasteiger partial charge on any atom is 0.293 e. The summed E-state index contributed by atoms with van der Waals surface area (Å²) in [6.45, 7) is 6.24. The molecule has 190 valence electrons. The van der Waals surface area contributed by atoms with E-state index >= 15 is 0 Å². The van der Waals surface area contributed by atoms with Crippen LogP contribution in [0.3, 0.4) is 0 Å². The molecule has 0 radical (unpaired) electrons. The van der Waals surface area contributed by atoms with E-state index in [2.05, 4.69) is 5.32 Å². The zero-order valence-corrected chi connectivity index (χ0v) is 21.8. The summed E-state index contributed by atoms with van der Waals surface area (Å²) in [6.07, 6.45) is 1.67. The van der Waals surface area contributed by atoms with E-state index in [-0.39, 0.29) is 36.8 Å². The van der Waals surface area contributed by atoms with E-state index in [4.69, 9.17) is 9.47 Å². The number of nitrogens with zero attached hydrogens (tertiary/aromatic N) is 1. The molecule has 1 saturated heterocycles.